The molecular weight excluding hydrogens is 342 g/mol. The quantitative estimate of drug-likeness (QED) is 0.677. The SMILES string of the molecule is CC[C@@H]1CCCCN1C(=O)c1coc(COc2cccc3cccnc23)n1. The van der Waals surface area contributed by atoms with Crippen molar-refractivity contribution in [2.24, 2.45) is 0 Å². The van der Waals surface area contributed by atoms with Crippen molar-refractivity contribution in [1.29, 1.82) is 0 Å². The number of pyridine rings is 1. The van der Waals surface area contributed by atoms with Crippen LogP contribution in [0.4, 0.5) is 0 Å². The first-order chi connectivity index (χ1) is 13.3. The number of hydrogen-bond donors (Lipinski definition) is 0. The van der Waals surface area contributed by atoms with Crippen molar-refractivity contribution in [2.75, 3.05) is 6.54 Å². The van der Waals surface area contributed by atoms with Crippen molar-refractivity contribution in [3.63, 3.8) is 0 Å². The molecule has 6 heteroatoms. The van der Waals surface area contributed by atoms with E-state index in [0.29, 0.717) is 23.4 Å². The number of hydrogen-bond acceptors (Lipinski definition) is 5. The van der Waals surface area contributed by atoms with Gasteiger partial charge >= 0.3 is 0 Å². The summed E-state index contributed by atoms with van der Waals surface area (Å²) in [5.74, 6) is 1.00. The third-order valence-corrected chi connectivity index (χ3v) is 5.08. The maximum atomic E-state index is 12.8. The van der Waals surface area contributed by atoms with Crippen LogP contribution in [0.5, 0.6) is 5.75 Å². The molecule has 3 heterocycles. The molecule has 1 aromatic carbocycles. The number of nitrogens with zero attached hydrogens (tertiary/aromatic N) is 3. The summed E-state index contributed by atoms with van der Waals surface area (Å²) in [4.78, 5) is 23.4. The Balaban J connectivity index is 1.45. The normalized spacial score (nSPS) is 17.2. The summed E-state index contributed by atoms with van der Waals surface area (Å²) in [6.07, 6.45) is 7.42. The lowest BCUT2D eigenvalue weighted by Gasteiger charge is -2.34. The van der Waals surface area contributed by atoms with Gasteiger partial charge in [0.15, 0.2) is 12.3 Å². The standard InChI is InChI=1S/C21H23N3O3/c1-2-16-9-3-4-12-24(16)21(25)17-13-27-19(23-17)14-26-18-10-5-7-15-8-6-11-22-20(15)18/h5-8,10-11,13,16H,2-4,9,12,14H2,1H3/t16-/m1/s1. The highest BCUT2D eigenvalue weighted by Gasteiger charge is 2.28. The third-order valence-electron chi connectivity index (χ3n) is 5.08. The zero-order chi connectivity index (χ0) is 18.6. The Labute approximate surface area is 158 Å². The largest absolute Gasteiger partial charge is 0.482 e. The van der Waals surface area contributed by atoms with E-state index in [1.165, 1.54) is 12.7 Å². The number of aromatic nitrogens is 2. The number of rotatable bonds is 5. The Hall–Kier alpha value is -2.89. The van der Waals surface area contributed by atoms with Gasteiger partial charge in [-0.05, 0) is 37.8 Å². The van der Waals surface area contributed by atoms with Crippen LogP contribution in [0.3, 0.4) is 0 Å². The van der Waals surface area contributed by atoms with Crippen molar-refractivity contribution in [1.82, 2.24) is 14.9 Å². The lowest BCUT2D eigenvalue weighted by atomic mass is 10.00. The van der Waals surface area contributed by atoms with Crippen LogP contribution in [0.1, 0.15) is 49.0 Å². The summed E-state index contributed by atoms with van der Waals surface area (Å²) in [6, 6.07) is 9.95. The minimum Gasteiger partial charge on any atom is -0.482 e. The lowest BCUT2D eigenvalue weighted by Crippen LogP contribution is -2.43. The highest BCUT2D eigenvalue weighted by Crippen LogP contribution is 2.24. The minimum atomic E-state index is -0.0524. The number of carbonyl (C=O) groups excluding carboxylic acids is 1. The van der Waals surface area contributed by atoms with E-state index in [9.17, 15) is 4.79 Å². The lowest BCUT2D eigenvalue weighted by molar-refractivity contribution is 0.0602. The Morgan fingerprint density at radius 1 is 1.30 bits per heavy atom. The number of carbonyl (C=O) groups is 1. The second-order valence-electron chi connectivity index (χ2n) is 6.80. The molecule has 1 amide bonds. The van der Waals surface area contributed by atoms with Crippen LogP contribution < -0.4 is 4.74 Å². The molecule has 1 atom stereocenters. The van der Waals surface area contributed by atoms with Crippen molar-refractivity contribution < 1.29 is 13.9 Å². The van der Waals surface area contributed by atoms with Gasteiger partial charge in [0.2, 0.25) is 5.89 Å². The monoisotopic (exact) mass is 365 g/mol. The van der Waals surface area contributed by atoms with E-state index in [1.54, 1.807) is 6.20 Å². The molecule has 1 saturated heterocycles. The number of likely N-dealkylation sites (tertiary alicyclic amines) is 1. The zero-order valence-corrected chi connectivity index (χ0v) is 15.4. The summed E-state index contributed by atoms with van der Waals surface area (Å²) in [6.45, 7) is 3.06. The minimum absolute atomic E-state index is 0.0524. The van der Waals surface area contributed by atoms with E-state index < -0.39 is 0 Å². The van der Waals surface area contributed by atoms with E-state index in [0.717, 1.165) is 36.7 Å². The molecule has 2 aromatic heterocycles. The van der Waals surface area contributed by atoms with E-state index in [4.69, 9.17) is 9.15 Å². The molecule has 0 bridgehead atoms. The smallest absolute Gasteiger partial charge is 0.276 e. The van der Waals surface area contributed by atoms with Crippen molar-refractivity contribution in [3.05, 3.63) is 54.4 Å². The number of oxazole rings is 1. The Morgan fingerprint density at radius 2 is 2.19 bits per heavy atom. The van der Waals surface area contributed by atoms with Gasteiger partial charge in [0.1, 0.15) is 17.5 Å². The fourth-order valence-corrected chi connectivity index (χ4v) is 3.65. The van der Waals surface area contributed by atoms with Crippen LogP contribution in [-0.4, -0.2) is 33.4 Å². The molecule has 1 aliphatic rings. The van der Waals surface area contributed by atoms with Gasteiger partial charge in [0, 0.05) is 24.2 Å². The van der Waals surface area contributed by atoms with Crippen LogP contribution in [-0.2, 0) is 6.61 Å². The van der Waals surface area contributed by atoms with E-state index in [-0.39, 0.29) is 12.5 Å². The van der Waals surface area contributed by atoms with Gasteiger partial charge in [0.25, 0.3) is 5.91 Å². The molecule has 0 N–H and O–H groups in total. The maximum Gasteiger partial charge on any atom is 0.276 e. The predicted molar refractivity (Wildman–Crippen MR) is 102 cm³/mol. The van der Waals surface area contributed by atoms with Gasteiger partial charge in [-0.25, -0.2) is 4.98 Å². The number of amides is 1. The number of ether oxygens (including phenoxy) is 1. The van der Waals surface area contributed by atoms with Crippen LogP contribution in [0.25, 0.3) is 10.9 Å². The third kappa shape index (κ3) is 3.65. The number of benzene rings is 1. The van der Waals surface area contributed by atoms with E-state index >= 15 is 0 Å². The summed E-state index contributed by atoms with van der Waals surface area (Å²) >= 11 is 0. The first-order valence-electron chi connectivity index (χ1n) is 9.48. The highest BCUT2D eigenvalue weighted by atomic mass is 16.5. The summed E-state index contributed by atoms with van der Waals surface area (Å²) in [7, 11) is 0. The van der Waals surface area contributed by atoms with Crippen molar-refractivity contribution in [2.45, 2.75) is 45.3 Å². The van der Waals surface area contributed by atoms with Gasteiger partial charge < -0.3 is 14.1 Å². The molecule has 6 nitrogen and oxygen atoms in total. The van der Waals surface area contributed by atoms with Crippen molar-refractivity contribution >= 4 is 16.8 Å². The topological polar surface area (TPSA) is 68.5 Å². The molecule has 1 aliphatic heterocycles. The van der Waals surface area contributed by atoms with Crippen LogP contribution in [0.2, 0.25) is 0 Å². The fourth-order valence-electron chi connectivity index (χ4n) is 3.65. The Bertz CT molecular complexity index is 932. The second-order valence-corrected chi connectivity index (χ2v) is 6.80. The summed E-state index contributed by atoms with van der Waals surface area (Å²) < 4.78 is 11.3. The molecule has 0 saturated carbocycles. The van der Waals surface area contributed by atoms with Gasteiger partial charge in [-0.15, -0.1) is 0 Å². The van der Waals surface area contributed by atoms with Crippen LogP contribution in [0, 0.1) is 0 Å². The van der Waals surface area contributed by atoms with Gasteiger partial charge in [-0.3, -0.25) is 9.78 Å². The van der Waals surface area contributed by atoms with Crippen LogP contribution >= 0.6 is 0 Å². The van der Waals surface area contributed by atoms with Crippen molar-refractivity contribution in [3.8, 4) is 5.75 Å². The molecule has 1 fully saturated rings. The number of para-hydroxylation sites is 1. The fraction of sp³-hybridized carbons (Fsp3) is 0.381. The van der Waals surface area contributed by atoms with Gasteiger partial charge in [-0.1, -0.05) is 25.1 Å². The zero-order valence-electron chi connectivity index (χ0n) is 15.4. The summed E-state index contributed by atoms with van der Waals surface area (Å²) in [5.41, 5.74) is 1.15. The predicted octanol–water partition coefficient (Wildman–Crippen LogP) is 4.21. The Kier molecular flexibility index (Phi) is 5.05. The first-order valence-corrected chi connectivity index (χ1v) is 9.48. The Morgan fingerprint density at radius 3 is 3.07 bits per heavy atom. The average Bonchev–Trinajstić information content (AvgIpc) is 3.20. The maximum absolute atomic E-state index is 12.8. The molecule has 0 spiro atoms. The van der Waals surface area contributed by atoms with E-state index in [1.807, 2.05) is 35.2 Å². The molecule has 4 rings (SSSR count). The number of fused-ring (bicyclic) bond motifs is 1. The molecule has 0 radical (unpaired) electrons. The second kappa shape index (κ2) is 7.78. The van der Waals surface area contributed by atoms with Gasteiger partial charge in [0.05, 0.1) is 0 Å². The molecule has 0 aliphatic carbocycles. The molecule has 140 valence electrons. The number of piperidine rings is 1. The first kappa shape index (κ1) is 17.5. The molecule has 3 aromatic rings. The molecular formula is C21H23N3O3. The van der Waals surface area contributed by atoms with Crippen LogP contribution in [0.15, 0.2) is 47.2 Å². The van der Waals surface area contributed by atoms with E-state index in [2.05, 4.69) is 16.9 Å². The average molecular weight is 365 g/mol. The molecule has 27 heavy (non-hydrogen) atoms. The molecule has 0 unspecified atom stereocenters. The van der Waals surface area contributed by atoms with Gasteiger partial charge in [-0.2, -0.15) is 0 Å². The highest BCUT2D eigenvalue weighted by molar-refractivity contribution is 5.92. The summed E-state index contributed by atoms with van der Waals surface area (Å²) in [5, 5.41) is 1.01.